The minimum Gasteiger partial charge on any atom is -0.352 e. The molecule has 0 fully saturated rings. The Balaban J connectivity index is 2.11. The van der Waals surface area contributed by atoms with Crippen molar-refractivity contribution in [3.8, 4) is 0 Å². The molecule has 0 saturated carbocycles. The third-order valence-corrected chi connectivity index (χ3v) is 3.84. The molecule has 4 nitrogen and oxygen atoms in total. The lowest BCUT2D eigenvalue weighted by Gasteiger charge is -2.10. The molecule has 2 amide bonds. The van der Waals surface area contributed by atoms with Crippen LogP contribution >= 0.6 is 0 Å². The van der Waals surface area contributed by atoms with E-state index in [4.69, 9.17) is 0 Å². The van der Waals surface area contributed by atoms with E-state index in [-0.39, 0.29) is 11.8 Å². The number of anilines is 1. The standard InChI is InChI=1S/C20H24N2O2/c1-4-5-11-21-19(23)16-7-6-8-17(13-16)20(24)22-18-12-14(2)9-10-15(18)3/h6-10,12-13H,4-5,11H2,1-3H3,(H,21,23)(H,22,24). The molecule has 0 heterocycles. The van der Waals surface area contributed by atoms with Gasteiger partial charge in [0.25, 0.3) is 11.8 Å². The van der Waals surface area contributed by atoms with Gasteiger partial charge in [-0.1, -0.05) is 31.5 Å². The van der Waals surface area contributed by atoms with Crippen LogP contribution in [0.1, 0.15) is 51.6 Å². The Hall–Kier alpha value is -2.62. The first kappa shape index (κ1) is 17.7. The molecule has 0 radical (unpaired) electrons. The van der Waals surface area contributed by atoms with Crippen LogP contribution in [0.2, 0.25) is 0 Å². The lowest BCUT2D eigenvalue weighted by Crippen LogP contribution is -2.24. The lowest BCUT2D eigenvalue weighted by molar-refractivity contribution is 0.0953. The molecular weight excluding hydrogens is 300 g/mol. The van der Waals surface area contributed by atoms with Crippen molar-refractivity contribution in [2.24, 2.45) is 0 Å². The molecule has 0 saturated heterocycles. The molecule has 0 bridgehead atoms. The highest BCUT2D eigenvalue weighted by atomic mass is 16.2. The minimum absolute atomic E-state index is 0.148. The van der Waals surface area contributed by atoms with Crippen LogP contribution in [0.15, 0.2) is 42.5 Å². The predicted octanol–water partition coefficient (Wildman–Crippen LogP) is 4.09. The van der Waals surface area contributed by atoms with Gasteiger partial charge in [0, 0.05) is 23.4 Å². The van der Waals surface area contributed by atoms with E-state index in [0.29, 0.717) is 17.7 Å². The molecule has 4 heteroatoms. The molecule has 0 aliphatic heterocycles. The Morgan fingerprint density at radius 2 is 1.67 bits per heavy atom. The molecule has 126 valence electrons. The first-order valence-electron chi connectivity index (χ1n) is 8.28. The first-order valence-corrected chi connectivity index (χ1v) is 8.28. The van der Waals surface area contributed by atoms with Crippen molar-refractivity contribution in [2.45, 2.75) is 33.6 Å². The summed E-state index contributed by atoms with van der Waals surface area (Å²) in [7, 11) is 0. The van der Waals surface area contributed by atoms with Gasteiger partial charge in [-0.2, -0.15) is 0 Å². The fraction of sp³-hybridized carbons (Fsp3) is 0.300. The van der Waals surface area contributed by atoms with Gasteiger partial charge in [-0.15, -0.1) is 0 Å². The zero-order valence-corrected chi connectivity index (χ0v) is 14.5. The van der Waals surface area contributed by atoms with Crippen molar-refractivity contribution in [2.75, 3.05) is 11.9 Å². The predicted molar refractivity (Wildman–Crippen MR) is 97.6 cm³/mol. The van der Waals surface area contributed by atoms with E-state index in [9.17, 15) is 9.59 Å². The van der Waals surface area contributed by atoms with Crippen LogP contribution in [-0.2, 0) is 0 Å². The van der Waals surface area contributed by atoms with Crippen LogP contribution in [0.4, 0.5) is 5.69 Å². The summed E-state index contributed by atoms with van der Waals surface area (Å²) in [6.07, 6.45) is 1.97. The fourth-order valence-corrected chi connectivity index (χ4v) is 2.35. The maximum Gasteiger partial charge on any atom is 0.255 e. The second-order valence-electron chi connectivity index (χ2n) is 5.96. The highest BCUT2D eigenvalue weighted by Gasteiger charge is 2.11. The largest absolute Gasteiger partial charge is 0.352 e. The van der Waals surface area contributed by atoms with E-state index in [1.54, 1.807) is 24.3 Å². The fourth-order valence-electron chi connectivity index (χ4n) is 2.35. The summed E-state index contributed by atoms with van der Waals surface area (Å²) in [6.45, 7) is 6.65. The van der Waals surface area contributed by atoms with Crippen LogP contribution in [0, 0.1) is 13.8 Å². The quantitative estimate of drug-likeness (QED) is 0.786. The van der Waals surface area contributed by atoms with Crippen molar-refractivity contribution in [3.05, 3.63) is 64.7 Å². The number of nitrogens with one attached hydrogen (secondary N) is 2. The molecule has 0 aliphatic carbocycles. The van der Waals surface area contributed by atoms with E-state index in [0.717, 1.165) is 29.7 Å². The summed E-state index contributed by atoms with van der Waals surface area (Å²) in [4.78, 5) is 24.6. The topological polar surface area (TPSA) is 58.2 Å². The van der Waals surface area contributed by atoms with Crippen LogP contribution in [-0.4, -0.2) is 18.4 Å². The number of unbranched alkanes of at least 4 members (excludes halogenated alkanes) is 1. The van der Waals surface area contributed by atoms with E-state index in [1.807, 2.05) is 32.0 Å². The Labute approximate surface area is 143 Å². The molecule has 2 rings (SSSR count). The van der Waals surface area contributed by atoms with Gasteiger partial charge in [0.2, 0.25) is 0 Å². The SMILES string of the molecule is CCCCNC(=O)c1cccc(C(=O)Nc2cc(C)ccc2C)c1. The molecular formula is C20H24N2O2. The van der Waals surface area contributed by atoms with Gasteiger partial charge in [-0.3, -0.25) is 9.59 Å². The van der Waals surface area contributed by atoms with Crippen molar-refractivity contribution < 1.29 is 9.59 Å². The number of carbonyl (C=O) groups excluding carboxylic acids is 2. The highest BCUT2D eigenvalue weighted by molar-refractivity contribution is 6.06. The Morgan fingerprint density at radius 3 is 2.38 bits per heavy atom. The molecule has 0 spiro atoms. The second kappa shape index (κ2) is 8.29. The molecule has 2 aromatic rings. The van der Waals surface area contributed by atoms with Gasteiger partial charge < -0.3 is 10.6 Å². The number of carbonyl (C=O) groups is 2. The van der Waals surface area contributed by atoms with Crippen molar-refractivity contribution in [3.63, 3.8) is 0 Å². The van der Waals surface area contributed by atoms with Gasteiger partial charge in [-0.25, -0.2) is 0 Å². The molecule has 0 unspecified atom stereocenters. The van der Waals surface area contributed by atoms with E-state index in [2.05, 4.69) is 17.6 Å². The maximum absolute atomic E-state index is 12.5. The highest BCUT2D eigenvalue weighted by Crippen LogP contribution is 2.17. The van der Waals surface area contributed by atoms with Crippen LogP contribution < -0.4 is 10.6 Å². The monoisotopic (exact) mass is 324 g/mol. The number of benzene rings is 2. The van der Waals surface area contributed by atoms with Gasteiger partial charge in [0.15, 0.2) is 0 Å². The maximum atomic E-state index is 12.5. The third-order valence-electron chi connectivity index (χ3n) is 3.84. The zero-order chi connectivity index (χ0) is 17.5. The van der Waals surface area contributed by atoms with Crippen molar-refractivity contribution in [1.82, 2.24) is 5.32 Å². The van der Waals surface area contributed by atoms with Crippen molar-refractivity contribution in [1.29, 1.82) is 0 Å². The summed E-state index contributed by atoms with van der Waals surface area (Å²) in [5.41, 5.74) is 3.85. The summed E-state index contributed by atoms with van der Waals surface area (Å²) in [5.74, 6) is -0.364. The van der Waals surface area contributed by atoms with E-state index < -0.39 is 0 Å². The van der Waals surface area contributed by atoms with Crippen molar-refractivity contribution >= 4 is 17.5 Å². The Kier molecular flexibility index (Phi) is 6.13. The van der Waals surface area contributed by atoms with Crippen LogP contribution in [0.5, 0.6) is 0 Å². The van der Waals surface area contributed by atoms with E-state index >= 15 is 0 Å². The number of hydrogen-bond donors (Lipinski definition) is 2. The zero-order valence-electron chi connectivity index (χ0n) is 14.5. The summed E-state index contributed by atoms with van der Waals surface area (Å²) in [6, 6.07) is 12.7. The molecule has 0 atom stereocenters. The van der Waals surface area contributed by atoms with Gasteiger partial charge in [0.05, 0.1) is 0 Å². The summed E-state index contributed by atoms with van der Waals surface area (Å²) in [5, 5.41) is 5.78. The number of rotatable bonds is 6. The molecule has 0 aromatic heterocycles. The van der Waals surface area contributed by atoms with Gasteiger partial charge in [-0.05, 0) is 55.7 Å². The van der Waals surface area contributed by atoms with Gasteiger partial charge >= 0.3 is 0 Å². The Morgan fingerprint density at radius 1 is 0.958 bits per heavy atom. The molecule has 2 N–H and O–H groups in total. The first-order chi connectivity index (χ1) is 11.5. The summed E-state index contributed by atoms with van der Waals surface area (Å²) >= 11 is 0. The Bertz CT molecular complexity index is 738. The number of hydrogen-bond acceptors (Lipinski definition) is 2. The average Bonchev–Trinajstić information content (AvgIpc) is 2.58. The van der Waals surface area contributed by atoms with Crippen LogP contribution in [0.25, 0.3) is 0 Å². The second-order valence-corrected chi connectivity index (χ2v) is 5.96. The number of aryl methyl sites for hydroxylation is 2. The number of amides is 2. The van der Waals surface area contributed by atoms with Crippen LogP contribution in [0.3, 0.4) is 0 Å². The smallest absolute Gasteiger partial charge is 0.255 e. The molecule has 0 aliphatic rings. The minimum atomic E-state index is -0.216. The molecule has 24 heavy (non-hydrogen) atoms. The lowest BCUT2D eigenvalue weighted by atomic mass is 10.1. The third kappa shape index (κ3) is 4.69. The normalized spacial score (nSPS) is 10.3. The molecule has 2 aromatic carbocycles. The van der Waals surface area contributed by atoms with E-state index in [1.165, 1.54) is 0 Å². The summed E-state index contributed by atoms with van der Waals surface area (Å²) < 4.78 is 0. The van der Waals surface area contributed by atoms with Gasteiger partial charge in [0.1, 0.15) is 0 Å². The average molecular weight is 324 g/mol.